The molecule has 3 aromatic carbocycles. The number of carbonyl (C=O) groups excluding carboxylic acids is 1. The van der Waals surface area contributed by atoms with Gasteiger partial charge in [-0.2, -0.15) is 0 Å². The van der Waals surface area contributed by atoms with Crippen LogP contribution in [0.1, 0.15) is 74.4 Å². The Balaban J connectivity index is 1.35. The van der Waals surface area contributed by atoms with Gasteiger partial charge >= 0.3 is 0 Å². The van der Waals surface area contributed by atoms with Gasteiger partial charge in [0.25, 0.3) is 0 Å². The summed E-state index contributed by atoms with van der Waals surface area (Å²) in [5.74, 6) is 0.683. The zero-order chi connectivity index (χ0) is 25.8. The molecule has 5 rings (SSSR count). The third kappa shape index (κ3) is 5.53. The highest BCUT2D eigenvalue weighted by atomic mass is 16.5. The lowest BCUT2D eigenvalue weighted by Crippen LogP contribution is -2.26. The van der Waals surface area contributed by atoms with Crippen molar-refractivity contribution in [1.82, 2.24) is 10.5 Å². The molecule has 1 aliphatic carbocycles. The van der Waals surface area contributed by atoms with Crippen molar-refractivity contribution in [2.24, 2.45) is 0 Å². The van der Waals surface area contributed by atoms with E-state index in [1.54, 1.807) is 6.92 Å². The lowest BCUT2D eigenvalue weighted by atomic mass is 9.91. The summed E-state index contributed by atoms with van der Waals surface area (Å²) in [6, 6.07) is 27.8. The van der Waals surface area contributed by atoms with E-state index >= 15 is 0 Å². The summed E-state index contributed by atoms with van der Waals surface area (Å²) in [4.78, 5) is 12.1. The average Bonchev–Trinajstić information content (AvgIpc) is 3.63. The topological polar surface area (TPSA) is 55.1 Å². The Bertz CT molecular complexity index is 1330. The van der Waals surface area contributed by atoms with E-state index in [0.29, 0.717) is 5.41 Å². The van der Waals surface area contributed by atoms with Crippen molar-refractivity contribution < 1.29 is 9.32 Å². The van der Waals surface area contributed by atoms with E-state index in [2.05, 4.69) is 90.2 Å². The fourth-order valence-corrected chi connectivity index (χ4v) is 5.51. The van der Waals surface area contributed by atoms with E-state index in [0.717, 1.165) is 41.8 Å². The van der Waals surface area contributed by atoms with E-state index in [1.807, 2.05) is 13.0 Å². The van der Waals surface area contributed by atoms with Crippen LogP contribution in [0.3, 0.4) is 0 Å². The zero-order valence-corrected chi connectivity index (χ0v) is 22.1. The first-order valence-electron chi connectivity index (χ1n) is 13.5. The summed E-state index contributed by atoms with van der Waals surface area (Å²) in [5.41, 5.74) is 8.34. The summed E-state index contributed by atoms with van der Waals surface area (Å²) in [6.45, 7) is 5.81. The van der Waals surface area contributed by atoms with Gasteiger partial charge in [-0.1, -0.05) is 90.9 Å². The Morgan fingerprint density at radius 1 is 0.946 bits per heavy atom. The molecule has 0 aliphatic heterocycles. The smallest absolute Gasteiger partial charge is 0.217 e. The van der Waals surface area contributed by atoms with Gasteiger partial charge in [-0.3, -0.25) is 4.79 Å². The molecule has 0 radical (unpaired) electrons. The van der Waals surface area contributed by atoms with Crippen molar-refractivity contribution in [2.75, 3.05) is 0 Å². The summed E-state index contributed by atoms with van der Waals surface area (Å²) in [6.07, 6.45) is 6.56. The van der Waals surface area contributed by atoms with Crippen molar-refractivity contribution in [1.29, 1.82) is 0 Å². The number of hydrogen-bond acceptors (Lipinski definition) is 3. The zero-order valence-electron chi connectivity index (χ0n) is 22.1. The maximum atomic E-state index is 12.1. The minimum Gasteiger partial charge on any atom is -0.356 e. The van der Waals surface area contributed by atoms with Gasteiger partial charge in [0.05, 0.1) is 11.7 Å². The molecule has 0 saturated heterocycles. The van der Waals surface area contributed by atoms with E-state index < -0.39 is 0 Å². The molecule has 1 atom stereocenters. The maximum absolute atomic E-state index is 12.1. The first-order chi connectivity index (χ1) is 18.0. The molecule has 1 heterocycles. The number of aromatic nitrogens is 1. The number of amides is 1. The van der Waals surface area contributed by atoms with Crippen LogP contribution in [0.2, 0.25) is 0 Å². The summed E-state index contributed by atoms with van der Waals surface area (Å²) < 4.78 is 5.83. The highest BCUT2D eigenvalue weighted by Gasteiger charge is 2.42. The fourth-order valence-electron chi connectivity index (χ4n) is 5.51. The normalized spacial score (nSPS) is 14.8. The van der Waals surface area contributed by atoms with Crippen LogP contribution < -0.4 is 5.32 Å². The number of rotatable bonds is 10. The largest absolute Gasteiger partial charge is 0.356 e. The molecule has 0 spiro atoms. The summed E-state index contributed by atoms with van der Waals surface area (Å²) >= 11 is 0. The predicted octanol–water partition coefficient (Wildman–Crippen LogP) is 7.96. The Hall–Kier alpha value is -3.66. The second-order valence-corrected chi connectivity index (χ2v) is 10.4. The van der Waals surface area contributed by atoms with Crippen LogP contribution in [0.15, 0.2) is 83.4 Å². The van der Waals surface area contributed by atoms with Gasteiger partial charge < -0.3 is 9.84 Å². The number of benzene rings is 3. The van der Waals surface area contributed by atoms with E-state index in [4.69, 9.17) is 4.52 Å². The van der Waals surface area contributed by atoms with Crippen molar-refractivity contribution in [3.05, 3.63) is 101 Å². The van der Waals surface area contributed by atoms with Gasteiger partial charge in [0, 0.05) is 18.1 Å². The Morgan fingerprint density at radius 3 is 2.16 bits per heavy atom. The number of nitrogens with one attached hydrogen (secondary N) is 1. The minimum absolute atomic E-state index is 0.0499. The molecular formula is C33H36N2O2. The number of carbonyl (C=O) groups is 1. The number of aryl methyl sites for hydroxylation is 2. The highest BCUT2D eigenvalue weighted by molar-refractivity contribution is 5.75. The third-order valence-electron chi connectivity index (χ3n) is 7.94. The molecule has 1 aromatic heterocycles. The van der Waals surface area contributed by atoms with Gasteiger partial charge in [-0.05, 0) is 73.1 Å². The van der Waals surface area contributed by atoms with Crippen molar-refractivity contribution >= 4 is 5.91 Å². The SMILES string of the molecule is CCC1(c2ccc(-c3ccc(-c4onc(C)c4C(CCCc4ccccc4)NC(C)=O)cc3)cc2)CC1. The predicted molar refractivity (Wildman–Crippen MR) is 149 cm³/mol. The van der Waals surface area contributed by atoms with Crippen LogP contribution in [0.5, 0.6) is 0 Å². The van der Waals surface area contributed by atoms with Gasteiger partial charge in [-0.25, -0.2) is 0 Å². The lowest BCUT2D eigenvalue weighted by Gasteiger charge is -2.19. The van der Waals surface area contributed by atoms with E-state index in [1.165, 1.54) is 41.5 Å². The summed E-state index contributed by atoms with van der Waals surface area (Å²) in [5, 5.41) is 7.43. The van der Waals surface area contributed by atoms with Crippen LogP contribution in [-0.4, -0.2) is 11.1 Å². The molecule has 1 N–H and O–H groups in total. The molecule has 1 unspecified atom stereocenters. The second-order valence-electron chi connectivity index (χ2n) is 10.4. The van der Waals surface area contributed by atoms with Gasteiger partial charge in [0.1, 0.15) is 0 Å². The van der Waals surface area contributed by atoms with Gasteiger partial charge in [-0.15, -0.1) is 0 Å². The molecular weight excluding hydrogens is 456 g/mol. The Kier molecular flexibility index (Phi) is 7.27. The van der Waals surface area contributed by atoms with Crippen LogP contribution in [0, 0.1) is 6.92 Å². The standard InChI is InChI=1S/C33H36N2O2/c1-4-33(21-22-33)29-19-17-27(18-20-29)26-13-15-28(16-14-26)32-31(23(2)35-37-32)30(34-24(3)36)12-8-11-25-9-6-5-7-10-25/h5-7,9-10,13-20,30H,4,8,11-12,21-22H2,1-3H3,(H,34,36). The van der Waals surface area contributed by atoms with Gasteiger partial charge in [0.2, 0.25) is 5.91 Å². The quantitative estimate of drug-likeness (QED) is 0.244. The van der Waals surface area contributed by atoms with Crippen LogP contribution in [0.4, 0.5) is 0 Å². The van der Waals surface area contributed by atoms with Crippen LogP contribution >= 0.6 is 0 Å². The lowest BCUT2D eigenvalue weighted by molar-refractivity contribution is -0.119. The minimum atomic E-state index is -0.150. The monoisotopic (exact) mass is 492 g/mol. The molecule has 1 saturated carbocycles. The van der Waals surface area contributed by atoms with E-state index in [-0.39, 0.29) is 11.9 Å². The molecule has 0 bridgehead atoms. The number of hydrogen-bond donors (Lipinski definition) is 1. The average molecular weight is 493 g/mol. The third-order valence-corrected chi connectivity index (χ3v) is 7.94. The van der Waals surface area contributed by atoms with Crippen molar-refractivity contribution in [3.63, 3.8) is 0 Å². The first-order valence-corrected chi connectivity index (χ1v) is 13.5. The Morgan fingerprint density at radius 2 is 1.57 bits per heavy atom. The maximum Gasteiger partial charge on any atom is 0.217 e. The molecule has 190 valence electrons. The first kappa shape index (κ1) is 25.0. The van der Waals surface area contributed by atoms with Crippen LogP contribution in [-0.2, 0) is 16.6 Å². The van der Waals surface area contributed by atoms with Crippen molar-refractivity contribution in [2.45, 2.75) is 70.8 Å². The molecule has 1 aliphatic rings. The Labute approximate surface area is 220 Å². The number of nitrogens with zero attached hydrogens (tertiary/aromatic N) is 1. The van der Waals surface area contributed by atoms with Gasteiger partial charge in [0.15, 0.2) is 5.76 Å². The van der Waals surface area contributed by atoms with E-state index in [9.17, 15) is 4.79 Å². The molecule has 1 fully saturated rings. The molecule has 37 heavy (non-hydrogen) atoms. The molecule has 4 heteroatoms. The fraction of sp³-hybridized carbons (Fsp3) is 0.333. The molecule has 1 amide bonds. The second kappa shape index (κ2) is 10.8. The van der Waals surface area contributed by atoms with Crippen LogP contribution in [0.25, 0.3) is 22.5 Å². The highest BCUT2D eigenvalue weighted by Crippen LogP contribution is 2.51. The summed E-state index contributed by atoms with van der Waals surface area (Å²) in [7, 11) is 0. The molecule has 4 nitrogen and oxygen atoms in total. The van der Waals surface area contributed by atoms with Crippen molar-refractivity contribution in [3.8, 4) is 22.5 Å². The molecule has 4 aromatic rings.